The van der Waals surface area contributed by atoms with E-state index >= 15 is 0 Å². The van der Waals surface area contributed by atoms with Gasteiger partial charge in [-0.25, -0.2) is 0 Å². The Hall–Kier alpha value is -1.69. The Bertz CT molecular complexity index is 473. The van der Waals surface area contributed by atoms with Gasteiger partial charge in [-0.15, -0.1) is 0 Å². The Morgan fingerprint density at radius 2 is 1.95 bits per heavy atom. The highest BCUT2D eigenvalue weighted by Crippen LogP contribution is 2.28. The maximum Gasteiger partial charge on any atom is 0.387 e. The molecule has 0 saturated carbocycles. The number of para-hydroxylation sites is 2. The van der Waals surface area contributed by atoms with E-state index < -0.39 is 6.61 Å². The third-order valence-corrected chi connectivity index (χ3v) is 2.88. The molecule has 0 radical (unpaired) electrons. The number of amides is 1. The molecule has 0 aliphatic carbocycles. The summed E-state index contributed by atoms with van der Waals surface area (Å²) in [5.74, 6) is -0.741. The normalized spacial score (nSPS) is 13.1. The number of ether oxygens (including phenoxy) is 1. The number of hydrogen-bond donors (Lipinski definition) is 2. The fourth-order valence-corrected chi connectivity index (χ4v) is 2.03. The highest BCUT2D eigenvalue weighted by molar-refractivity contribution is 5.94. The van der Waals surface area contributed by atoms with Crippen molar-refractivity contribution in [1.29, 1.82) is 0 Å². The summed E-state index contributed by atoms with van der Waals surface area (Å²) in [4.78, 5) is 12.2. The van der Waals surface area contributed by atoms with Crippen LogP contribution in [-0.2, 0) is 4.79 Å². The average Bonchev–Trinajstić information content (AvgIpc) is 2.36. The van der Waals surface area contributed by atoms with Crippen molar-refractivity contribution < 1.29 is 18.3 Å². The predicted octanol–water partition coefficient (Wildman–Crippen LogP) is 3.24. The molecular formula is C15H22F2N2O2. The minimum absolute atomic E-state index is 0.0552. The summed E-state index contributed by atoms with van der Waals surface area (Å²) in [5, 5.41) is 2.61. The molecule has 1 unspecified atom stereocenters. The smallest absolute Gasteiger partial charge is 0.387 e. The number of nitrogens with one attached hydrogen (secondary N) is 1. The van der Waals surface area contributed by atoms with Crippen LogP contribution in [-0.4, -0.2) is 19.1 Å². The van der Waals surface area contributed by atoms with Crippen LogP contribution in [0.15, 0.2) is 24.3 Å². The zero-order chi connectivity index (χ0) is 16.0. The van der Waals surface area contributed by atoms with Crippen molar-refractivity contribution in [2.45, 2.75) is 33.8 Å². The molecule has 0 heterocycles. The lowest BCUT2D eigenvalue weighted by Crippen LogP contribution is -2.32. The van der Waals surface area contributed by atoms with Gasteiger partial charge in [0.25, 0.3) is 0 Å². The molecule has 21 heavy (non-hydrogen) atoms. The molecule has 4 nitrogen and oxygen atoms in total. The average molecular weight is 300 g/mol. The number of rotatable bonds is 6. The number of nitrogens with two attached hydrogens (primary N) is 1. The number of carbonyl (C=O) groups is 1. The quantitative estimate of drug-likeness (QED) is 0.847. The van der Waals surface area contributed by atoms with Crippen molar-refractivity contribution in [1.82, 2.24) is 0 Å². The first kappa shape index (κ1) is 17.4. The topological polar surface area (TPSA) is 64.4 Å². The van der Waals surface area contributed by atoms with E-state index in [0.29, 0.717) is 6.42 Å². The van der Waals surface area contributed by atoms with Crippen LogP contribution in [0.25, 0.3) is 0 Å². The largest absolute Gasteiger partial charge is 0.433 e. The monoisotopic (exact) mass is 300 g/mol. The lowest BCUT2D eigenvalue weighted by molar-refractivity contribution is -0.120. The zero-order valence-electron chi connectivity index (χ0n) is 12.5. The van der Waals surface area contributed by atoms with Gasteiger partial charge in [0.05, 0.1) is 11.6 Å². The first-order valence-electron chi connectivity index (χ1n) is 6.77. The molecule has 0 aromatic heterocycles. The van der Waals surface area contributed by atoms with Crippen LogP contribution >= 0.6 is 0 Å². The lowest BCUT2D eigenvalue weighted by atomic mass is 9.84. The van der Waals surface area contributed by atoms with Crippen LogP contribution in [0, 0.1) is 11.3 Å². The molecule has 1 amide bonds. The van der Waals surface area contributed by atoms with Gasteiger partial charge in [0, 0.05) is 6.54 Å². The molecule has 0 saturated heterocycles. The van der Waals surface area contributed by atoms with E-state index in [0.717, 1.165) is 0 Å². The standard InChI is InChI=1S/C15H22F2N2O2/c1-15(2,3)8-10(9-18)13(20)19-11-6-4-5-7-12(11)21-14(16)17/h4-7,10,14H,8-9,18H2,1-3H3,(H,19,20). The predicted molar refractivity (Wildman–Crippen MR) is 78.3 cm³/mol. The molecule has 1 atom stereocenters. The first-order chi connectivity index (χ1) is 9.73. The molecule has 0 aliphatic heterocycles. The summed E-state index contributed by atoms with van der Waals surface area (Å²) < 4.78 is 29.0. The molecule has 1 aromatic rings. The number of anilines is 1. The van der Waals surface area contributed by atoms with Gasteiger partial charge in [0.1, 0.15) is 5.75 Å². The summed E-state index contributed by atoms with van der Waals surface area (Å²) in [6.45, 7) is 3.29. The Morgan fingerprint density at radius 1 is 1.33 bits per heavy atom. The second kappa shape index (κ2) is 7.36. The van der Waals surface area contributed by atoms with Gasteiger partial charge in [-0.1, -0.05) is 32.9 Å². The van der Waals surface area contributed by atoms with Crippen molar-refractivity contribution in [3.05, 3.63) is 24.3 Å². The van der Waals surface area contributed by atoms with E-state index in [9.17, 15) is 13.6 Å². The fourth-order valence-electron chi connectivity index (χ4n) is 2.03. The second-order valence-corrected chi connectivity index (χ2v) is 6.06. The van der Waals surface area contributed by atoms with Crippen LogP contribution < -0.4 is 15.8 Å². The molecule has 0 bridgehead atoms. The maximum atomic E-state index is 12.3. The SMILES string of the molecule is CC(C)(C)CC(CN)C(=O)Nc1ccccc1OC(F)F. The van der Waals surface area contributed by atoms with Gasteiger partial charge in [0.15, 0.2) is 0 Å². The molecule has 1 aromatic carbocycles. The third kappa shape index (κ3) is 6.08. The third-order valence-electron chi connectivity index (χ3n) is 2.88. The zero-order valence-corrected chi connectivity index (χ0v) is 12.5. The van der Waals surface area contributed by atoms with Gasteiger partial charge in [-0.3, -0.25) is 4.79 Å². The van der Waals surface area contributed by atoms with Crippen LogP contribution in [0.3, 0.4) is 0 Å². The summed E-state index contributed by atoms with van der Waals surface area (Å²) >= 11 is 0. The number of halogens is 2. The molecule has 3 N–H and O–H groups in total. The number of carbonyl (C=O) groups excluding carboxylic acids is 1. The summed E-state index contributed by atoms with van der Waals surface area (Å²) in [6, 6.07) is 6.08. The molecule has 118 valence electrons. The van der Waals surface area contributed by atoms with Gasteiger partial charge in [-0.2, -0.15) is 8.78 Å². The first-order valence-corrected chi connectivity index (χ1v) is 6.77. The Labute approximate surface area is 123 Å². The Morgan fingerprint density at radius 3 is 2.48 bits per heavy atom. The molecule has 6 heteroatoms. The maximum absolute atomic E-state index is 12.3. The Kier molecular flexibility index (Phi) is 6.08. The summed E-state index contributed by atoms with van der Waals surface area (Å²) in [7, 11) is 0. The van der Waals surface area contributed by atoms with Gasteiger partial charge in [0.2, 0.25) is 5.91 Å². The lowest BCUT2D eigenvalue weighted by Gasteiger charge is -2.24. The van der Waals surface area contributed by atoms with Crippen LogP contribution in [0.5, 0.6) is 5.75 Å². The van der Waals surface area contributed by atoms with Crippen molar-refractivity contribution in [3.63, 3.8) is 0 Å². The fraction of sp³-hybridized carbons (Fsp3) is 0.533. The van der Waals surface area contributed by atoms with Gasteiger partial charge >= 0.3 is 6.61 Å². The summed E-state index contributed by atoms with van der Waals surface area (Å²) in [5.41, 5.74) is 5.80. The molecular weight excluding hydrogens is 278 g/mol. The van der Waals surface area contributed by atoms with E-state index in [4.69, 9.17) is 5.73 Å². The number of hydrogen-bond acceptors (Lipinski definition) is 3. The second-order valence-electron chi connectivity index (χ2n) is 6.06. The van der Waals surface area contributed by atoms with Crippen molar-refractivity contribution in [3.8, 4) is 5.75 Å². The van der Waals surface area contributed by atoms with Gasteiger partial charge < -0.3 is 15.8 Å². The van der Waals surface area contributed by atoms with Crippen molar-refractivity contribution >= 4 is 11.6 Å². The van der Waals surface area contributed by atoms with Crippen LogP contribution in [0.1, 0.15) is 27.2 Å². The molecule has 1 rings (SSSR count). The number of alkyl halides is 2. The number of benzene rings is 1. The highest BCUT2D eigenvalue weighted by atomic mass is 19.3. The van der Waals surface area contributed by atoms with E-state index in [2.05, 4.69) is 10.1 Å². The van der Waals surface area contributed by atoms with Gasteiger partial charge in [-0.05, 0) is 24.0 Å². The van der Waals surface area contributed by atoms with Crippen molar-refractivity contribution in [2.24, 2.45) is 17.1 Å². The Balaban J connectivity index is 2.82. The van der Waals surface area contributed by atoms with Crippen LogP contribution in [0.4, 0.5) is 14.5 Å². The van der Waals surface area contributed by atoms with E-state index in [-0.39, 0.29) is 35.2 Å². The van der Waals surface area contributed by atoms with E-state index in [1.165, 1.54) is 12.1 Å². The van der Waals surface area contributed by atoms with Crippen LogP contribution in [0.2, 0.25) is 0 Å². The van der Waals surface area contributed by atoms with E-state index in [1.54, 1.807) is 12.1 Å². The molecule has 0 fully saturated rings. The minimum Gasteiger partial charge on any atom is -0.433 e. The van der Waals surface area contributed by atoms with Crippen molar-refractivity contribution in [2.75, 3.05) is 11.9 Å². The summed E-state index contributed by atoms with van der Waals surface area (Å²) in [6.07, 6.45) is 0.604. The molecule has 0 aliphatic rings. The highest BCUT2D eigenvalue weighted by Gasteiger charge is 2.24. The molecule has 0 spiro atoms. The van der Waals surface area contributed by atoms with E-state index in [1.807, 2.05) is 20.8 Å². The minimum atomic E-state index is -2.94.